The average molecular weight is 353 g/mol. The smallest absolute Gasteiger partial charge is 0.232 e. The maximum atomic E-state index is 12.1. The highest BCUT2D eigenvalue weighted by atomic mass is 16.5. The van der Waals surface area contributed by atoms with E-state index in [4.69, 9.17) is 8.94 Å². The molecule has 136 valence electrons. The van der Waals surface area contributed by atoms with E-state index in [1.807, 2.05) is 65.0 Å². The zero-order valence-corrected chi connectivity index (χ0v) is 15.7. The summed E-state index contributed by atoms with van der Waals surface area (Å²) < 4.78 is 11.2. The summed E-state index contributed by atoms with van der Waals surface area (Å²) in [6, 6.07) is 11.4. The van der Waals surface area contributed by atoms with E-state index >= 15 is 0 Å². The van der Waals surface area contributed by atoms with Crippen LogP contribution < -0.4 is 5.32 Å². The zero-order chi connectivity index (χ0) is 18.9. The highest BCUT2D eigenvalue weighted by Gasteiger charge is 2.32. The van der Waals surface area contributed by atoms with E-state index in [1.165, 1.54) is 0 Å². The third kappa shape index (κ3) is 3.54. The van der Waals surface area contributed by atoms with Crippen LogP contribution in [0.25, 0.3) is 11.5 Å². The summed E-state index contributed by atoms with van der Waals surface area (Å²) in [7, 11) is 0. The van der Waals surface area contributed by atoms with Gasteiger partial charge in [0.1, 0.15) is 5.76 Å². The Hall–Kier alpha value is -2.89. The summed E-state index contributed by atoms with van der Waals surface area (Å²) in [6.07, 6.45) is 1.70. The number of hydrogen-bond donors (Lipinski definition) is 1. The Morgan fingerprint density at radius 1 is 1.08 bits per heavy atom. The lowest BCUT2D eigenvalue weighted by molar-refractivity contribution is -0.123. The maximum absolute atomic E-state index is 12.1. The number of nitrogens with zero attached hydrogens (tertiary/aromatic N) is 2. The number of benzene rings is 1. The predicted octanol–water partition coefficient (Wildman–Crippen LogP) is 4.64. The van der Waals surface area contributed by atoms with Crippen LogP contribution in [0.3, 0.4) is 0 Å². The molecule has 0 fully saturated rings. The van der Waals surface area contributed by atoms with E-state index in [0.717, 1.165) is 5.56 Å². The Bertz CT molecular complexity index is 902. The lowest BCUT2D eigenvalue weighted by atomic mass is 9.87. The first-order valence-electron chi connectivity index (χ1n) is 8.48. The van der Waals surface area contributed by atoms with Crippen LogP contribution in [0.2, 0.25) is 0 Å². The van der Waals surface area contributed by atoms with E-state index in [1.54, 1.807) is 12.3 Å². The van der Waals surface area contributed by atoms with Crippen LogP contribution in [0.15, 0.2) is 51.5 Å². The van der Waals surface area contributed by atoms with Crippen LogP contribution in [-0.4, -0.2) is 16.0 Å². The van der Waals surface area contributed by atoms with Gasteiger partial charge in [0.2, 0.25) is 17.7 Å². The Balaban J connectivity index is 1.83. The molecule has 0 radical (unpaired) electrons. The molecule has 0 aliphatic heterocycles. The molecule has 26 heavy (non-hydrogen) atoms. The molecule has 0 saturated heterocycles. The first-order chi connectivity index (χ1) is 12.2. The van der Waals surface area contributed by atoms with Gasteiger partial charge in [0, 0.05) is 17.0 Å². The molecular formula is C20H23N3O3. The summed E-state index contributed by atoms with van der Waals surface area (Å²) in [5.74, 6) is 1.40. The van der Waals surface area contributed by atoms with Gasteiger partial charge in [-0.1, -0.05) is 44.1 Å². The average Bonchev–Trinajstić information content (AvgIpc) is 3.25. The number of amides is 1. The van der Waals surface area contributed by atoms with Crippen molar-refractivity contribution in [1.82, 2.24) is 10.1 Å². The molecule has 6 nitrogen and oxygen atoms in total. The van der Waals surface area contributed by atoms with Crippen molar-refractivity contribution in [3.8, 4) is 11.5 Å². The fraction of sp³-hybridized carbons (Fsp3) is 0.350. The summed E-state index contributed by atoms with van der Waals surface area (Å²) in [5.41, 5.74) is 0.483. The van der Waals surface area contributed by atoms with Gasteiger partial charge in [-0.25, -0.2) is 4.98 Å². The Morgan fingerprint density at radius 3 is 2.42 bits per heavy atom. The zero-order valence-electron chi connectivity index (χ0n) is 15.7. The number of anilines is 1. The fourth-order valence-corrected chi connectivity index (χ4v) is 2.33. The van der Waals surface area contributed by atoms with Crippen molar-refractivity contribution in [3.63, 3.8) is 0 Å². The molecule has 1 aromatic carbocycles. The number of aromatic nitrogens is 2. The molecule has 0 spiro atoms. The standard InChI is InChI=1S/C20H23N3O3/c1-19(2,3)18(24)22-16-11-14(23-26-16)20(4,5)15-12-21-17(25-15)13-9-7-6-8-10-13/h6-12H,1-5H3,(H,22,24). The molecule has 0 bridgehead atoms. The van der Waals surface area contributed by atoms with Gasteiger partial charge in [0.15, 0.2) is 0 Å². The van der Waals surface area contributed by atoms with Crippen molar-refractivity contribution in [3.05, 3.63) is 54.0 Å². The molecule has 1 N–H and O–H groups in total. The monoisotopic (exact) mass is 353 g/mol. The van der Waals surface area contributed by atoms with Gasteiger partial charge in [0.05, 0.1) is 17.3 Å². The van der Waals surface area contributed by atoms with Gasteiger partial charge in [-0.15, -0.1) is 0 Å². The molecule has 2 heterocycles. The lowest BCUT2D eigenvalue weighted by Crippen LogP contribution is -2.27. The number of rotatable bonds is 4. The lowest BCUT2D eigenvalue weighted by Gasteiger charge is -2.18. The van der Waals surface area contributed by atoms with E-state index in [0.29, 0.717) is 23.2 Å². The summed E-state index contributed by atoms with van der Waals surface area (Å²) in [4.78, 5) is 16.5. The minimum Gasteiger partial charge on any atom is -0.440 e. The second kappa shape index (κ2) is 6.44. The molecule has 0 atom stereocenters. The Morgan fingerprint density at radius 2 is 1.77 bits per heavy atom. The van der Waals surface area contributed by atoms with E-state index in [-0.39, 0.29) is 5.91 Å². The van der Waals surface area contributed by atoms with Gasteiger partial charge in [-0.3, -0.25) is 10.1 Å². The highest BCUT2D eigenvalue weighted by Crippen LogP contribution is 2.34. The van der Waals surface area contributed by atoms with Gasteiger partial charge in [-0.05, 0) is 26.0 Å². The predicted molar refractivity (Wildman–Crippen MR) is 98.7 cm³/mol. The molecule has 2 aromatic heterocycles. The van der Waals surface area contributed by atoms with Crippen molar-refractivity contribution in [2.75, 3.05) is 5.32 Å². The van der Waals surface area contributed by atoms with Crippen LogP contribution >= 0.6 is 0 Å². The van der Waals surface area contributed by atoms with Crippen molar-refractivity contribution in [2.45, 2.75) is 40.0 Å². The van der Waals surface area contributed by atoms with E-state index in [9.17, 15) is 4.79 Å². The van der Waals surface area contributed by atoms with Crippen LogP contribution in [0.4, 0.5) is 5.88 Å². The molecule has 3 rings (SSSR count). The molecule has 1 amide bonds. The Kier molecular flexibility index (Phi) is 4.44. The van der Waals surface area contributed by atoms with Crippen LogP contribution in [-0.2, 0) is 10.2 Å². The second-order valence-electron chi connectivity index (χ2n) is 7.80. The summed E-state index contributed by atoms with van der Waals surface area (Å²) >= 11 is 0. The largest absolute Gasteiger partial charge is 0.440 e. The number of nitrogens with one attached hydrogen (secondary N) is 1. The van der Waals surface area contributed by atoms with Crippen molar-refractivity contribution >= 4 is 11.8 Å². The van der Waals surface area contributed by atoms with Gasteiger partial charge in [-0.2, -0.15) is 0 Å². The minimum atomic E-state index is -0.561. The van der Waals surface area contributed by atoms with Crippen LogP contribution in [0, 0.1) is 5.41 Å². The van der Waals surface area contributed by atoms with Crippen molar-refractivity contribution in [1.29, 1.82) is 0 Å². The third-order valence-electron chi connectivity index (χ3n) is 4.21. The summed E-state index contributed by atoms with van der Waals surface area (Å²) in [6.45, 7) is 9.44. The quantitative estimate of drug-likeness (QED) is 0.739. The first kappa shape index (κ1) is 17.9. The molecule has 3 aromatic rings. The van der Waals surface area contributed by atoms with E-state index < -0.39 is 10.8 Å². The molecule has 0 aliphatic carbocycles. The van der Waals surface area contributed by atoms with Crippen LogP contribution in [0.5, 0.6) is 0 Å². The fourth-order valence-electron chi connectivity index (χ4n) is 2.33. The first-order valence-corrected chi connectivity index (χ1v) is 8.48. The Labute approximate surface area is 152 Å². The number of hydrogen-bond acceptors (Lipinski definition) is 5. The second-order valence-corrected chi connectivity index (χ2v) is 7.80. The molecule has 0 saturated carbocycles. The highest BCUT2D eigenvalue weighted by molar-refractivity contribution is 5.93. The molecule has 0 aliphatic rings. The molecule has 0 unspecified atom stereocenters. The minimum absolute atomic E-state index is 0.135. The van der Waals surface area contributed by atoms with E-state index in [2.05, 4.69) is 15.5 Å². The molecule has 6 heteroatoms. The number of oxazole rings is 1. The van der Waals surface area contributed by atoms with Crippen LogP contribution in [0.1, 0.15) is 46.1 Å². The van der Waals surface area contributed by atoms with Crippen molar-refractivity contribution < 1.29 is 13.7 Å². The maximum Gasteiger partial charge on any atom is 0.232 e. The van der Waals surface area contributed by atoms with Gasteiger partial charge in [0.25, 0.3) is 0 Å². The molecular weight excluding hydrogens is 330 g/mol. The number of carbonyl (C=O) groups excluding carboxylic acids is 1. The third-order valence-corrected chi connectivity index (χ3v) is 4.21. The normalized spacial score (nSPS) is 12.2. The summed E-state index contributed by atoms with van der Waals surface area (Å²) in [5, 5.41) is 6.85. The van der Waals surface area contributed by atoms with Crippen molar-refractivity contribution in [2.24, 2.45) is 5.41 Å². The topological polar surface area (TPSA) is 81.2 Å². The van der Waals surface area contributed by atoms with Gasteiger partial charge < -0.3 is 8.94 Å². The number of carbonyl (C=O) groups is 1. The van der Waals surface area contributed by atoms with Gasteiger partial charge >= 0.3 is 0 Å². The SMILES string of the molecule is CC(C)(C)C(=O)Nc1cc(C(C)(C)c2cnc(-c3ccccc3)o2)no1.